The van der Waals surface area contributed by atoms with Crippen LogP contribution < -0.4 is 5.32 Å². The molecule has 6 heteroatoms. The van der Waals surface area contributed by atoms with E-state index in [1.54, 1.807) is 30.6 Å². The molecule has 1 aromatic rings. The minimum Gasteiger partial charge on any atom is -0.481 e. The molecule has 1 heterocycles. The molecule has 0 saturated carbocycles. The van der Waals surface area contributed by atoms with Gasteiger partial charge in [0.2, 0.25) is 5.91 Å². The molecule has 1 aliphatic carbocycles. The van der Waals surface area contributed by atoms with E-state index in [2.05, 4.69) is 10.4 Å². The van der Waals surface area contributed by atoms with Gasteiger partial charge in [0.25, 0.3) is 0 Å². The average Bonchev–Trinajstić information content (AvgIpc) is 2.88. The number of carbonyl (C=O) groups is 2. The molecule has 1 amide bonds. The molecular formula is C11H13N3O3. The van der Waals surface area contributed by atoms with Gasteiger partial charge in [-0.1, -0.05) is 12.2 Å². The molecule has 2 rings (SSSR count). The summed E-state index contributed by atoms with van der Waals surface area (Å²) in [6, 6.07) is 1.54. The SMILES string of the molecule is O=C(Cn1cccn1)NC1C=CC(C(=O)O)C1. The van der Waals surface area contributed by atoms with Crippen molar-refractivity contribution in [2.75, 3.05) is 0 Å². The molecule has 2 unspecified atom stereocenters. The van der Waals surface area contributed by atoms with Gasteiger partial charge < -0.3 is 10.4 Å². The van der Waals surface area contributed by atoms with E-state index < -0.39 is 11.9 Å². The fourth-order valence-corrected chi connectivity index (χ4v) is 1.78. The van der Waals surface area contributed by atoms with Gasteiger partial charge in [-0.05, 0) is 12.5 Å². The Balaban J connectivity index is 1.81. The molecule has 17 heavy (non-hydrogen) atoms. The monoisotopic (exact) mass is 235 g/mol. The average molecular weight is 235 g/mol. The van der Waals surface area contributed by atoms with Gasteiger partial charge in [-0.3, -0.25) is 14.3 Å². The second-order valence-corrected chi connectivity index (χ2v) is 3.94. The van der Waals surface area contributed by atoms with Gasteiger partial charge in [0.1, 0.15) is 6.54 Å². The zero-order chi connectivity index (χ0) is 12.3. The molecule has 0 radical (unpaired) electrons. The molecule has 0 aliphatic heterocycles. The molecule has 6 nitrogen and oxygen atoms in total. The summed E-state index contributed by atoms with van der Waals surface area (Å²) >= 11 is 0. The normalized spacial score (nSPS) is 22.6. The van der Waals surface area contributed by atoms with Crippen LogP contribution in [0.5, 0.6) is 0 Å². The first-order valence-electron chi connectivity index (χ1n) is 5.33. The van der Waals surface area contributed by atoms with E-state index in [1.807, 2.05) is 0 Å². The number of amides is 1. The lowest BCUT2D eigenvalue weighted by molar-refractivity contribution is -0.140. The Bertz CT molecular complexity index is 439. The van der Waals surface area contributed by atoms with E-state index in [0.29, 0.717) is 6.42 Å². The molecular weight excluding hydrogens is 222 g/mol. The van der Waals surface area contributed by atoms with Crippen LogP contribution >= 0.6 is 0 Å². The topological polar surface area (TPSA) is 84.2 Å². The van der Waals surface area contributed by atoms with E-state index in [9.17, 15) is 9.59 Å². The van der Waals surface area contributed by atoms with Crippen LogP contribution in [0, 0.1) is 5.92 Å². The number of hydrogen-bond acceptors (Lipinski definition) is 3. The number of aromatic nitrogens is 2. The summed E-state index contributed by atoms with van der Waals surface area (Å²) in [7, 11) is 0. The van der Waals surface area contributed by atoms with E-state index in [-0.39, 0.29) is 18.5 Å². The maximum atomic E-state index is 11.6. The Hall–Kier alpha value is -2.11. The molecule has 2 atom stereocenters. The van der Waals surface area contributed by atoms with Crippen LogP contribution in [-0.2, 0) is 16.1 Å². The van der Waals surface area contributed by atoms with Gasteiger partial charge in [0, 0.05) is 18.4 Å². The summed E-state index contributed by atoms with van der Waals surface area (Å²) in [4.78, 5) is 22.3. The summed E-state index contributed by atoms with van der Waals surface area (Å²) in [5, 5.41) is 15.5. The number of carboxylic acid groups (broad SMARTS) is 1. The van der Waals surface area contributed by atoms with Gasteiger partial charge in [-0.25, -0.2) is 0 Å². The summed E-state index contributed by atoms with van der Waals surface area (Å²) in [6.07, 6.45) is 7.05. The predicted octanol–water partition coefficient (Wildman–Crippen LogP) is 0.0286. The highest BCUT2D eigenvalue weighted by atomic mass is 16.4. The molecule has 0 spiro atoms. The highest BCUT2D eigenvalue weighted by Crippen LogP contribution is 2.17. The summed E-state index contributed by atoms with van der Waals surface area (Å²) in [6.45, 7) is 0.148. The lowest BCUT2D eigenvalue weighted by atomic mass is 10.1. The predicted molar refractivity (Wildman–Crippen MR) is 59.0 cm³/mol. The van der Waals surface area contributed by atoms with Crippen molar-refractivity contribution < 1.29 is 14.7 Å². The first kappa shape index (κ1) is 11.4. The number of rotatable bonds is 4. The summed E-state index contributed by atoms with van der Waals surface area (Å²) < 4.78 is 1.52. The third-order valence-corrected chi connectivity index (χ3v) is 2.61. The van der Waals surface area contributed by atoms with Gasteiger partial charge in [0.15, 0.2) is 0 Å². The van der Waals surface area contributed by atoms with Gasteiger partial charge in [-0.2, -0.15) is 5.10 Å². The number of carbonyl (C=O) groups excluding carboxylic acids is 1. The minimum atomic E-state index is -0.856. The fraction of sp³-hybridized carbons (Fsp3) is 0.364. The molecule has 0 bridgehead atoms. The fourth-order valence-electron chi connectivity index (χ4n) is 1.78. The molecule has 0 saturated heterocycles. The van der Waals surface area contributed by atoms with Crippen molar-refractivity contribution in [3.05, 3.63) is 30.6 Å². The number of nitrogens with one attached hydrogen (secondary N) is 1. The van der Waals surface area contributed by atoms with Gasteiger partial charge >= 0.3 is 5.97 Å². The maximum absolute atomic E-state index is 11.6. The van der Waals surface area contributed by atoms with Crippen LogP contribution in [-0.4, -0.2) is 32.8 Å². The Morgan fingerprint density at radius 1 is 1.47 bits per heavy atom. The lowest BCUT2D eigenvalue weighted by Gasteiger charge is -2.11. The first-order valence-corrected chi connectivity index (χ1v) is 5.33. The third kappa shape index (κ3) is 2.93. The Morgan fingerprint density at radius 2 is 2.29 bits per heavy atom. The van der Waals surface area contributed by atoms with Crippen molar-refractivity contribution in [3.63, 3.8) is 0 Å². The summed E-state index contributed by atoms with van der Waals surface area (Å²) in [5.41, 5.74) is 0. The molecule has 0 aromatic carbocycles. The van der Waals surface area contributed by atoms with E-state index in [0.717, 1.165) is 0 Å². The quantitative estimate of drug-likeness (QED) is 0.721. The smallest absolute Gasteiger partial charge is 0.310 e. The molecule has 2 N–H and O–H groups in total. The Morgan fingerprint density at radius 3 is 2.88 bits per heavy atom. The van der Waals surface area contributed by atoms with Crippen LogP contribution in [0.15, 0.2) is 30.6 Å². The highest BCUT2D eigenvalue weighted by molar-refractivity contribution is 5.77. The molecule has 0 fully saturated rings. The van der Waals surface area contributed by atoms with Crippen LogP contribution in [0.3, 0.4) is 0 Å². The second kappa shape index (κ2) is 4.82. The number of carboxylic acids is 1. The van der Waals surface area contributed by atoms with E-state index in [4.69, 9.17) is 5.11 Å². The van der Waals surface area contributed by atoms with Gasteiger partial charge in [0.05, 0.1) is 5.92 Å². The number of hydrogen-bond donors (Lipinski definition) is 2. The van der Waals surface area contributed by atoms with Crippen molar-refractivity contribution in [2.24, 2.45) is 5.92 Å². The summed E-state index contributed by atoms with van der Waals surface area (Å²) in [5.74, 6) is -1.52. The minimum absolute atomic E-state index is 0.148. The molecule has 90 valence electrons. The van der Waals surface area contributed by atoms with Crippen LogP contribution in [0.2, 0.25) is 0 Å². The van der Waals surface area contributed by atoms with Crippen molar-refractivity contribution >= 4 is 11.9 Å². The van der Waals surface area contributed by atoms with Gasteiger partial charge in [-0.15, -0.1) is 0 Å². The lowest BCUT2D eigenvalue weighted by Crippen LogP contribution is -2.35. The third-order valence-electron chi connectivity index (χ3n) is 2.61. The van der Waals surface area contributed by atoms with Crippen molar-refractivity contribution in [3.8, 4) is 0 Å². The number of aliphatic carboxylic acids is 1. The standard InChI is InChI=1S/C11H13N3O3/c15-10(7-14-5-1-4-12-14)13-9-3-2-8(6-9)11(16)17/h1-5,8-9H,6-7H2,(H,13,15)(H,16,17). The van der Waals surface area contributed by atoms with Crippen molar-refractivity contribution in [1.82, 2.24) is 15.1 Å². The van der Waals surface area contributed by atoms with Crippen LogP contribution in [0.1, 0.15) is 6.42 Å². The molecule has 1 aliphatic rings. The van der Waals surface area contributed by atoms with Crippen LogP contribution in [0.25, 0.3) is 0 Å². The maximum Gasteiger partial charge on any atom is 0.310 e. The zero-order valence-electron chi connectivity index (χ0n) is 9.11. The largest absolute Gasteiger partial charge is 0.481 e. The van der Waals surface area contributed by atoms with Crippen molar-refractivity contribution in [2.45, 2.75) is 19.0 Å². The highest BCUT2D eigenvalue weighted by Gasteiger charge is 2.25. The number of nitrogens with zero attached hydrogens (tertiary/aromatic N) is 2. The van der Waals surface area contributed by atoms with E-state index in [1.165, 1.54) is 4.68 Å². The first-order chi connectivity index (χ1) is 8.15. The Labute approximate surface area is 97.9 Å². The second-order valence-electron chi connectivity index (χ2n) is 3.94. The van der Waals surface area contributed by atoms with E-state index >= 15 is 0 Å². The molecule has 1 aromatic heterocycles. The Kier molecular flexibility index (Phi) is 3.22. The van der Waals surface area contributed by atoms with Crippen molar-refractivity contribution in [1.29, 1.82) is 0 Å². The zero-order valence-corrected chi connectivity index (χ0v) is 9.11. The van der Waals surface area contributed by atoms with Crippen LogP contribution in [0.4, 0.5) is 0 Å².